The van der Waals surface area contributed by atoms with Gasteiger partial charge in [-0.1, -0.05) is 91.0 Å². The lowest BCUT2D eigenvalue weighted by Gasteiger charge is -2.19. The number of benzene rings is 3. The first-order valence-corrected chi connectivity index (χ1v) is 9.78. The van der Waals surface area contributed by atoms with Crippen LogP contribution in [0.2, 0.25) is 0 Å². The van der Waals surface area contributed by atoms with E-state index in [2.05, 4.69) is 5.32 Å². The highest BCUT2D eigenvalue weighted by atomic mass is 16.5. The van der Waals surface area contributed by atoms with Gasteiger partial charge in [-0.25, -0.2) is 0 Å². The zero-order valence-electron chi connectivity index (χ0n) is 16.3. The molecular weight excluding hydrogens is 362 g/mol. The fourth-order valence-electron chi connectivity index (χ4n) is 3.13. The van der Waals surface area contributed by atoms with Crippen molar-refractivity contribution in [2.75, 3.05) is 6.61 Å². The van der Waals surface area contributed by atoms with Crippen LogP contribution in [-0.4, -0.2) is 18.5 Å². The quantitative estimate of drug-likeness (QED) is 0.558. The third-order valence-electron chi connectivity index (χ3n) is 4.64. The maximum Gasteiger partial charge on any atom is 0.306 e. The molecule has 0 saturated heterocycles. The normalized spacial score (nSPS) is 11.4. The zero-order chi connectivity index (χ0) is 20.3. The summed E-state index contributed by atoms with van der Waals surface area (Å²) < 4.78 is 5.16. The van der Waals surface area contributed by atoms with Gasteiger partial charge in [-0.3, -0.25) is 9.59 Å². The van der Waals surface area contributed by atoms with E-state index in [-0.39, 0.29) is 30.9 Å². The molecule has 148 valence electrons. The van der Waals surface area contributed by atoms with Gasteiger partial charge >= 0.3 is 5.97 Å². The van der Waals surface area contributed by atoms with Gasteiger partial charge in [-0.15, -0.1) is 0 Å². The number of carbonyl (C=O) groups is 2. The van der Waals surface area contributed by atoms with Crippen molar-refractivity contribution in [1.82, 2.24) is 5.32 Å². The molecule has 0 radical (unpaired) electrons. The lowest BCUT2D eigenvalue weighted by molar-refractivity contribution is -0.148. The summed E-state index contributed by atoms with van der Waals surface area (Å²) in [5.41, 5.74) is 3.21. The van der Waals surface area contributed by atoms with E-state index in [0.29, 0.717) is 12.8 Å². The molecule has 0 aliphatic heterocycles. The average molecular weight is 387 g/mol. The highest BCUT2D eigenvalue weighted by Gasteiger charge is 2.16. The van der Waals surface area contributed by atoms with Crippen molar-refractivity contribution in [3.05, 3.63) is 108 Å². The van der Waals surface area contributed by atoms with E-state index in [4.69, 9.17) is 4.74 Å². The van der Waals surface area contributed by atoms with Crippen LogP contribution in [0, 0.1) is 0 Å². The van der Waals surface area contributed by atoms with Crippen molar-refractivity contribution in [1.29, 1.82) is 0 Å². The van der Waals surface area contributed by atoms with Crippen LogP contribution in [0.3, 0.4) is 0 Å². The summed E-state index contributed by atoms with van der Waals surface area (Å²) in [6, 6.07) is 29.4. The van der Waals surface area contributed by atoms with Gasteiger partial charge in [0.05, 0.1) is 6.04 Å². The minimum absolute atomic E-state index is 0.186. The van der Waals surface area contributed by atoms with E-state index >= 15 is 0 Å². The highest BCUT2D eigenvalue weighted by Crippen LogP contribution is 2.18. The second kappa shape index (κ2) is 10.8. The predicted octanol–water partition coefficient (Wildman–Crippen LogP) is 4.26. The van der Waals surface area contributed by atoms with Crippen LogP contribution in [0.4, 0.5) is 0 Å². The molecule has 3 aromatic rings. The number of ether oxygens (including phenoxy) is 1. The molecule has 4 heteroatoms. The van der Waals surface area contributed by atoms with Crippen molar-refractivity contribution in [3.8, 4) is 0 Å². The molecule has 0 bridgehead atoms. The molecule has 1 atom stereocenters. The van der Waals surface area contributed by atoms with Crippen molar-refractivity contribution >= 4 is 11.9 Å². The van der Waals surface area contributed by atoms with Crippen molar-refractivity contribution in [3.63, 3.8) is 0 Å². The molecule has 0 spiro atoms. The van der Waals surface area contributed by atoms with Gasteiger partial charge in [0.15, 0.2) is 6.61 Å². The highest BCUT2D eigenvalue weighted by molar-refractivity contribution is 5.81. The number of nitrogens with one attached hydrogen (secondary N) is 1. The third kappa shape index (κ3) is 6.92. The van der Waals surface area contributed by atoms with E-state index in [0.717, 1.165) is 16.7 Å². The second-order valence-electron chi connectivity index (χ2n) is 6.87. The number of esters is 1. The van der Waals surface area contributed by atoms with Gasteiger partial charge in [0.2, 0.25) is 0 Å². The van der Waals surface area contributed by atoms with Gasteiger partial charge in [0.1, 0.15) is 0 Å². The summed E-state index contributed by atoms with van der Waals surface area (Å²) in [6.45, 7) is -0.272. The minimum Gasteiger partial charge on any atom is -0.456 e. The fourth-order valence-corrected chi connectivity index (χ4v) is 3.13. The smallest absolute Gasteiger partial charge is 0.306 e. The predicted molar refractivity (Wildman–Crippen MR) is 113 cm³/mol. The lowest BCUT2D eigenvalue weighted by atomic mass is 9.99. The number of hydrogen-bond acceptors (Lipinski definition) is 3. The van der Waals surface area contributed by atoms with Crippen molar-refractivity contribution in [2.24, 2.45) is 0 Å². The standard InChI is InChI=1S/C25H25NO3/c27-24(19-29-25(28)17-16-20-10-4-1-5-11-20)26-23(22-14-8-3-9-15-22)18-21-12-6-2-7-13-21/h1-15,23H,16-19H2,(H,26,27)/t23-/m1/s1. The Morgan fingerprint density at radius 1 is 0.759 bits per heavy atom. The molecule has 0 fully saturated rings. The van der Waals surface area contributed by atoms with Gasteiger partial charge in [-0.2, -0.15) is 0 Å². The Kier molecular flexibility index (Phi) is 7.58. The van der Waals surface area contributed by atoms with Crippen LogP contribution in [0.25, 0.3) is 0 Å². The Hall–Kier alpha value is -3.40. The first-order chi connectivity index (χ1) is 14.2. The molecule has 0 aliphatic rings. The molecular formula is C25H25NO3. The van der Waals surface area contributed by atoms with Gasteiger partial charge in [-0.05, 0) is 29.5 Å². The van der Waals surface area contributed by atoms with Crippen LogP contribution in [0.5, 0.6) is 0 Å². The number of amides is 1. The first kappa shape index (κ1) is 20.3. The van der Waals surface area contributed by atoms with E-state index in [1.807, 2.05) is 91.0 Å². The van der Waals surface area contributed by atoms with Crippen molar-refractivity contribution < 1.29 is 14.3 Å². The Balaban J connectivity index is 1.52. The Bertz CT molecular complexity index is 895. The lowest BCUT2D eigenvalue weighted by Crippen LogP contribution is -2.33. The molecule has 1 N–H and O–H groups in total. The Labute approximate surface area is 171 Å². The van der Waals surface area contributed by atoms with E-state index in [1.165, 1.54) is 0 Å². The van der Waals surface area contributed by atoms with Crippen molar-refractivity contribution in [2.45, 2.75) is 25.3 Å². The molecule has 0 saturated carbocycles. The average Bonchev–Trinajstić information content (AvgIpc) is 2.78. The topological polar surface area (TPSA) is 55.4 Å². The van der Waals surface area contributed by atoms with Gasteiger partial charge in [0.25, 0.3) is 5.91 Å². The Morgan fingerprint density at radius 2 is 1.31 bits per heavy atom. The number of aryl methyl sites for hydroxylation is 1. The zero-order valence-corrected chi connectivity index (χ0v) is 16.3. The SMILES string of the molecule is O=C(COC(=O)CCc1ccccc1)N[C@H](Cc1ccccc1)c1ccccc1. The molecule has 0 aromatic heterocycles. The summed E-state index contributed by atoms with van der Waals surface area (Å²) in [5.74, 6) is -0.675. The van der Waals surface area contributed by atoms with Gasteiger partial charge < -0.3 is 10.1 Å². The van der Waals surface area contributed by atoms with Gasteiger partial charge in [0, 0.05) is 6.42 Å². The maximum atomic E-state index is 12.4. The summed E-state index contributed by atoms with van der Waals surface area (Å²) in [4.78, 5) is 24.4. The largest absolute Gasteiger partial charge is 0.456 e. The van der Waals surface area contributed by atoms with E-state index in [1.54, 1.807) is 0 Å². The molecule has 1 amide bonds. The van der Waals surface area contributed by atoms with Crippen LogP contribution < -0.4 is 5.32 Å². The summed E-state index contributed by atoms with van der Waals surface area (Å²) >= 11 is 0. The number of hydrogen-bond donors (Lipinski definition) is 1. The van der Waals surface area contributed by atoms with Crippen LogP contribution in [0.15, 0.2) is 91.0 Å². The molecule has 0 unspecified atom stereocenters. The second-order valence-corrected chi connectivity index (χ2v) is 6.87. The third-order valence-corrected chi connectivity index (χ3v) is 4.64. The molecule has 3 aromatic carbocycles. The minimum atomic E-state index is -0.372. The summed E-state index contributed by atoms with van der Waals surface area (Å²) in [5, 5.41) is 2.99. The summed E-state index contributed by atoms with van der Waals surface area (Å²) in [6.07, 6.45) is 1.52. The first-order valence-electron chi connectivity index (χ1n) is 9.78. The molecule has 29 heavy (non-hydrogen) atoms. The molecule has 4 nitrogen and oxygen atoms in total. The maximum absolute atomic E-state index is 12.4. The molecule has 3 rings (SSSR count). The van der Waals surface area contributed by atoms with Crippen LogP contribution in [0.1, 0.15) is 29.2 Å². The van der Waals surface area contributed by atoms with E-state index in [9.17, 15) is 9.59 Å². The van der Waals surface area contributed by atoms with Crippen LogP contribution >= 0.6 is 0 Å². The Morgan fingerprint density at radius 3 is 1.93 bits per heavy atom. The van der Waals surface area contributed by atoms with E-state index < -0.39 is 0 Å². The van der Waals surface area contributed by atoms with Crippen LogP contribution in [-0.2, 0) is 27.2 Å². The fraction of sp³-hybridized carbons (Fsp3) is 0.200. The number of rotatable bonds is 9. The number of carbonyl (C=O) groups excluding carboxylic acids is 2. The monoisotopic (exact) mass is 387 g/mol. The molecule has 0 aliphatic carbocycles. The summed E-state index contributed by atoms with van der Waals surface area (Å²) in [7, 11) is 0. The molecule has 0 heterocycles.